The van der Waals surface area contributed by atoms with Crippen LogP contribution in [0.15, 0.2) is 53.1 Å². The summed E-state index contributed by atoms with van der Waals surface area (Å²) in [5.74, 6) is 1.53. The molecule has 0 saturated heterocycles. The molecule has 1 aliphatic rings. The molecule has 0 N–H and O–H groups in total. The Bertz CT molecular complexity index is 1270. The van der Waals surface area contributed by atoms with Gasteiger partial charge in [0.05, 0.1) is 5.69 Å². The van der Waals surface area contributed by atoms with Gasteiger partial charge in [-0.15, -0.1) is 0 Å². The van der Waals surface area contributed by atoms with Crippen molar-refractivity contribution in [2.75, 3.05) is 0 Å². The van der Waals surface area contributed by atoms with E-state index in [0.29, 0.717) is 28.9 Å². The normalized spacial score (nSPS) is 12.6. The summed E-state index contributed by atoms with van der Waals surface area (Å²) in [7, 11) is 0. The molecule has 0 spiro atoms. The lowest BCUT2D eigenvalue weighted by molar-refractivity contribution is 0.0726. The average Bonchev–Trinajstić information content (AvgIpc) is 3.51. The van der Waals surface area contributed by atoms with Gasteiger partial charge in [0.1, 0.15) is 11.5 Å². The van der Waals surface area contributed by atoms with E-state index in [4.69, 9.17) is 14.0 Å². The van der Waals surface area contributed by atoms with E-state index >= 15 is 0 Å². The smallest absolute Gasteiger partial charge is 0.364 e. The highest BCUT2D eigenvalue weighted by Gasteiger charge is 2.28. The molecular weight excluding hydrogens is 408 g/mol. The first-order chi connectivity index (χ1) is 15.6. The van der Waals surface area contributed by atoms with E-state index in [1.165, 1.54) is 0 Å². The molecule has 8 heteroatoms. The zero-order chi connectivity index (χ0) is 22.1. The van der Waals surface area contributed by atoms with Crippen LogP contribution >= 0.6 is 0 Å². The van der Waals surface area contributed by atoms with Gasteiger partial charge >= 0.3 is 5.97 Å². The van der Waals surface area contributed by atoms with Crippen LogP contribution in [0.2, 0.25) is 0 Å². The molecule has 1 aliphatic carbocycles. The number of fused-ring (bicyclic) bond motifs is 1. The first-order valence-electron chi connectivity index (χ1n) is 10.5. The van der Waals surface area contributed by atoms with E-state index in [0.717, 1.165) is 41.8 Å². The number of hydrogen-bond donors (Lipinski definition) is 0. The predicted molar refractivity (Wildman–Crippen MR) is 115 cm³/mol. The lowest BCUT2D eigenvalue weighted by Crippen LogP contribution is -2.12. The molecule has 0 radical (unpaired) electrons. The summed E-state index contributed by atoms with van der Waals surface area (Å²) in [6.07, 6.45) is 2.73. The lowest BCUT2D eigenvalue weighted by Gasteiger charge is -2.08. The number of para-hydroxylation sites is 1. The molecule has 8 nitrogen and oxygen atoms in total. The van der Waals surface area contributed by atoms with Gasteiger partial charge in [0.2, 0.25) is 0 Å². The van der Waals surface area contributed by atoms with Gasteiger partial charge in [-0.25, -0.2) is 9.48 Å². The minimum absolute atomic E-state index is 0.169. The molecule has 0 unspecified atom stereocenters. The van der Waals surface area contributed by atoms with Crippen LogP contribution in [0.1, 0.15) is 45.4 Å². The number of benzene rings is 2. The highest BCUT2D eigenvalue weighted by molar-refractivity contribution is 5.91. The van der Waals surface area contributed by atoms with Crippen molar-refractivity contribution in [3.8, 4) is 17.2 Å². The van der Waals surface area contributed by atoms with Crippen molar-refractivity contribution in [2.24, 2.45) is 0 Å². The number of ether oxygens (including phenoxy) is 2. The molecule has 0 bridgehead atoms. The Morgan fingerprint density at radius 1 is 1.06 bits per heavy atom. The Hall–Kier alpha value is -3.94. The number of rotatable bonds is 6. The molecule has 2 aromatic heterocycles. The van der Waals surface area contributed by atoms with Gasteiger partial charge in [-0.05, 0) is 69.0 Å². The molecule has 4 aromatic rings. The summed E-state index contributed by atoms with van der Waals surface area (Å²) in [6.45, 7) is 3.96. The van der Waals surface area contributed by atoms with Gasteiger partial charge < -0.3 is 14.0 Å². The van der Waals surface area contributed by atoms with Crippen molar-refractivity contribution in [3.05, 3.63) is 82.8 Å². The Balaban J connectivity index is 1.31. The molecule has 2 aromatic carbocycles. The minimum atomic E-state index is -0.453. The Kier molecular flexibility index (Phi) is 5.18. The van der Waals surface area contributed by atoms with Crippen LogP contribution in [0.3, 0.4) is 0 Å². The zero-order valence-electron chi connectivity index (χ0n) is 17.9. The highest BCUT2D eigenvalue weighted by atomic mass is 16.5. The highest BCUT2D eigenvalue weighted by Crippen LogP contribution is 2.30. The molecule has 2 heterocycles. The van der Waals surface area contributed by atoms with E-state index in [9.17, 15) is 4.79 Å². The van der Waals surface area contributed by atoms with Gasteiger partial charge in [-0.3, -0.25) is 0 Å². The third kappa shape index (κ3) is 3.87. The Labute approximate surface area is 184 Å². The summed E-state index contributed by atoms with van der Waals surface area (Å²) in [4.78, 5) is 17.0. The third-order valence-electron chi connectivity index (χ3n) is 5.43. The fourth-order valence-corrected chi connectivity index (χ4v) is 3.90. The van der Waals surface area contributed by atoms with E-state index in [1.54, 1.807) is 31.2 Å². The SMILES string of the molecule is Cc1noc(COc2ccc(OC(=O)c3nn(-c4ccccc4C)c4c3CCC4)cc2)n1. The maximum atomic E-state index is 12.9. The van der Waals surface area contributed by atoms with Crippen molar-refractivity contribution in [3.63, 3.8) is 0 Å². The second kappa shape index (κ2) is 8.30. The van der Waals surface area contributed by atoms with Crippen LogP contribution in [0.4, 0.5) is 0 Å². The van der Waals surface area contributed by atoms with Crippen molar-refractivity contribution in [2.45, 2.75) is 39.7 Å². The Morgan fingerprint density at radius 2 is 1.84 bits per heavy atom. The molecule has 0 saturated carbocycles. The van der Waals surface area contributed by atoms with Crippen LogP contribution in [-0.2, 0) is 19.4 Å². The summed E-state index contributed by atoms with van der Waals surface area (Å²) in [6, 6.07) is 14.9. The number of aryl methyl sites for hydroxylation is 2. The molecule has 0 amide bonds. The van der Waals surface area contributed by atoms with Crippen LogP contribution in [0, 0.1) is 13.8 Å². The van der Waals surface area contributed by atoms with Crippen LogP contribution in [0.5, 0.6) is 11.5 Å². The van der Waals surface area contributed by atoms with E-state index in [1.807, 2.05) is 35.9 Å². The number of hydrogen-bond acceptors (Lipinski definition) is 7. The number of carbonyl (C=O) groups is 1. The van der Waals surface area contributed by atoms with Gasteiger partial charge in [0.15, 0.2) is 18.1 Å². The first-order valence-corrected chi connectivity index (χ1v) is 10.5. The van der Waals surface area contributed by atoms with E-state index < -0.39 is 5.97 Å². The molecule has 162 valence electrons. The lowest BCUT2D eigenvalue weighted by atomic mass is 10.2. The maximum Gasteiger partial charge on any atom is 0.364 e. The minimum Gasteiger partial charge on any atom is -0.484 e. The second-order valence-electron chi connectivity index (χ2n) is 7.71. The van der Waals surface area contributed by atoms with Crippen molar-refractivity contribution in [1.29, 1.82) is 0 Å². The standard InChI is InChI=1S/C24H22N4O4/c1-15-6-3-4-8-20(15)28-21-9-5-7-19(21)23(26-28)24(29)31-18-12-10-17(11-13-18)30-14-22-25-16(2)27-32-22/h3-4,6,8,10-13H,5,7,9,14H2,1-2H3. The molecule has 5 rings (SSSR count). The monoisotopic (exact) mass is 430 g/mol. The largest absolute Gasteiger partial charge is 0.484 e. The number of carbonyl (C=O) groups excluding carboxylic acids is 1. The quantitative estimate of drug-likeness (QED) is 0.335. The summed E-state index contributed by atoms with van der Waals surface area (Å²) < 4.78 is 18.2. The van der Waals surface area contributed by atoms with Crippen molar-refractivity contribution in [1.82, 2.24) is 19.9 Å². The molecule has 32 heavy (non-hydrogen) atoms. The first kappa shape index (κ1) is 20.0. The van der Waals surface area contributed by atoms with Crippen molar-refractivity contribution >= 4 is 5.97 Å². The summed E-state index contributed by atoms with van der Waals surface area (Å²) in [5, 5.41) is 8.36. The topological polar surface area (TPSA) is 92.3 Å². The fraction of sp³-hybridized carbons (Fsp3) is 0.250. The van der Waals surface area contributed by atoms with Gasteiger partial charge in [0, 0.05) is 11.3 Å². The van der Waals surface area contributed by atoms with Crippen LogP contribution in [0.25, 0.3) is 5.69 Å². The van der Waals surface area contributed by atoms with E-state index in [-0.39, 0.29) is 6.61 Å². The number of nitrogens with zero attached hydrogens (tertiary/aromatic N) is 4. The number of aromatic nitrogens is 4. The predicted octanol–water partition coefficient (Wildman–Crippen LogP) is 4.16. The Morgan fingerprint density at radius 3 is 2.59 bits per heavy atom. The van der Waals surface area contributed by atoms with Gasteiger partial charge in [0.25, 0.3) is 5.89 Å². The van der Waals surface area contributed by atoms with Gasteiger partial charge in [-0.2, -0.15) is 10.1 Å². The molecular formula is C24H22N4O4. The molecule has 0 aliphatic heterocycles. The van der Waals surface area contributed by atoms with Crippen LogP contribution in [-0.4, -0.2) is 25.9 Å². The van der Waals surface area contributed by atoms with Crippen LogP contribution < -0.4 is 9.47 Å². The summed E-state index contributed by atoms with van der Waals surface area (Å²) >= 11 is 0. The molecule has 0 fully saturated rings. The average molecular weight is 430 g/mol. The molecule has 0 atom stereocenters. The zero-order valence-corrected chi connectivity index (χ0v) is 17.9. The third-order valence-corrected chi connectivity index (χ3v) is 5.43. The van der Waals surface area contributed by atoms with Gasteiger partial charge in [-0.1, -0.05) is 23.4 Å². The second-order valence-corrected chi connectivity index (χ2v) is 7.71. The summed E-state index contributed by atoms with van der Waals surface area (Å²) in [5.41, 5.74) is 4.55. The van der Waals surface area contributed by atoms with E-state index in [2.05, 4.69) is 15.2 Å². The number of esters is 1. The maximum absolute atomic E-state index is 12.9. The van der Waals surface area contributed by atoms with Crippen molar-refractivity contribution < 1.29 is 18.8 Å². The fourth-order valence-electron chi connectivity index (χ4n) is 3.90.